The van der Waals surface area contributed by atoms with Gasteiger partial charge in [0.2, 0.25) is 10.0 Å². The van der Waals surface area contributed by atoms with Crippen LogP contribution >= 0.6 is 0 Å². The molecule has 0 radical (unpaired) electrons. The lowest BCUT2D eigenvalue weighted by molar-refractivity contribution is 0.158. The van der Waals surface area contributed by atoms with Gasteiger partial charge in [0.1, 0.15) is 17.0 Å². The summed E-state index contributed by atoms with van der Waals surface area (Å²) in [5.74, 6) is 0.720. The van der Waals surface area contributed by atoms with E-state index < -0.39 is 10.0 Å². The topological polar surface area (TPSA) is 59.5 Å². The maximum absolute atomic E-state index is 12.9. The van der Waals surface area contributed by atoms with E-state index in [0.29, 0.717) is 11.4 Å². The van der Waals surface area contributed by atoms with Crippen molar-refractivity contribution in [2.45, 2.75) is 44.1 Å². The molecular weight excluding hydrogens is 348 g/mol. The molecule has 0 atom stereocenters. The minimum atomic E-state index is -3.37. The van der Waals surface area contributed by atoms with Crippen LogP contribution in [-0.2, 0) is 16.6 Å². The van der Waals surface area contributed by atoms with Gasteiger partial charge < -0.3 is 4.74 Å². The second-order valence-corrected chi connectivity index (χ2v) is 9.45. The molecule has 0 saturated heterocycles. The van der Waals surface area contributed by atoms with Gasteiger partial charge in [-0.05, 0) is 63.1 Å². The molecule has 2 heterocycles. The van der Waals surface area contributed by atoms with Crippen molar-refractivity contribution in [2.24, 2.45) is 0 Å². The summed E-state index contributed by atoms with van der Waals surface area (Å²) in [7, 11) is -3.37. The molecule has 5 nitrogen and oxygen atoms in total. The first-order valence-corrected chi connectivity index (χ1v) is 10.3. The van der Waals surface area contributed by atoms with Gasteiger partial charge in [0.15, 0.2) is 0 Å². The molecule has 0 spiro atoms. The molecule has 1 saturated carbocycles. The van der Waals surface area contributed by atoms with E-state index in [0.717, 1.165) is 24.3 Å². The number of rotatable bonds is 5. The number of sulfonamides is 1. The third-order valence-electron chi connectivity index (χ3n) is 4.56. The maximum Gasteiger partial charge on any atom is 0.238 e. The summed E-state index contributed by atoms with van der Waals surface area (Å²) in [5.41, 5.74) is 1.75. The predicted molar refractivity (Wildman–Crippen MR) is 103 cm³/mol. The van der Waals surface area contributed by atoms with Gasteiger partial charge >= 0.3 is 0 Å². The fourth-order valence-corrected chi connectivity index (χ4v) is 4.83. The molecule has 26 heavy (non-hydrogen) atoms. The van der Waals surface area contributed by atoms with Crippen molar-refractivity contribution in [1.82, 2.24) is 4.98 Å². The third kappa shape index (κ3) is 3.33. The third-order valence-corrected chi connectivity index (χ3v) is 6.83. The van der Waals surface area contributed by atoms with Crippen molar-refractivity contribution in [3.8, 4) is 5.75 Å². The summed E-state index contributed by atoms with van der Waals surface area (Å²) < 4.78 is 33.2. The highest BCUT2D eigenvalue weighted by atomic mass is 32.2. The van der Waals surface area contributed by atoms with Crippen LogP contribution in [-0.4, -0.2) is 24.3 Å². The van der Waals surface area contributed by atoms with E-state index in [1.807, 2.05) is 68.5 Å². The molecule has 136 valence electrons. The first-order valence-electron chi connectivity index (χ1n) is 8.80. The highest BCUT2D eigenvalue weighted by molar-refractivity contribution is 7.93. The number of fused-ring (bicyclic) bond motifs is 1. The van der Waals surface area contributed by atoms with Gasteiger partial charge in [-0.3, -0.25) is 4.31 Å². The SMILES string of the molecule is CC1(C)C=Cc2nc(CN(c3ccccc3)S(=O)(=O)C3CC3)ccc2O1. The highest BCUT2D eigenvalue weighted by Crippen LogP contribution is 2.35. The summed E-state index contributed by atoms with van der Waals surface area (Å²) in [6.07, 6.45) is 5.36. The zero-order valence-electron chi connectivity index (χ0n) is 14.9. The van der Waals surface area contributed by atoms with Crippen LogP contribution in [0.25, 0.3) is 6.08 Å². The van der Waals surface area contributed by atoms with Gasteiger partial charge in [-0.25, -0.2) is 13.4 Å². The van der Waals surface area contributed by atoms with Crippen molar-refractivity contribution in [2.75, 3.05) is 4.31 Å². The van der Waals surface area contributed by atoms with E-state index in [2.05, 4.69) is 4.98 Å². The number of nitrogens with zero attached hydrogens (tertiary/aromatic N) is 2. The van der Waals surface area contributed by atoms with Gasteiger partial charge in [0.05, 0.1) is 23.2 Å². The number of anilines is 1. The second-order valence-electron chi connectivity index (χ2n) is 7.31. The summed E-state index contributed by atoms with van der Waals surface area (Å²) in [4.78, 5) is 4.62. The van der Waals surface area contributed by atoms with E-state index in [-0.39, 0.29) is 17.4 Å². The zero-order chi connectivity index (χ0) is 18.4. The number of benzene rings is 1. The average molecular weight is 370 g/mol. The number of hydrogen-bond acceptors (Lipinski definition) is 4. The Labute approximate surface area is 154 Å². The van der Waals surface area contributed by atoms with Gasteiger partial charge in [-0.15, -0.1) is 0 Å². The average Bonchev–Trinajstić information content (AvgIpc) is 3.45. The fraction of sp³-hybridized carbons (Fsp3) is 0.350. The molecule has 1 fully saturated rings. The molecule has 0 amide bonds. The van der Waals surface area contributed by atoms with Crippen LogP contribution in [0.4, 0.5) is 5.69 Å². The van der Waals surface area contributed by atoms with Crippen LogP contribution in [0.5, 0.6) is 5.75 Å². The molecular formula is C20H22N2O3S. The maximum atomic E-state index is 12.9. The Kier molecular flexibility index (Phi) is 4.03. The van der Waals surface area contributed by atoms with Crippen molar-refractivity contribution < 1.29 is 13.2 Å². The van der Waals surface area contributed by atoms with Crippen molar-refractivity contribution in [1.29, 1.82) is 0 Å². The summed E-state index contributed by atoms with van der Waals surface area (Å²) >= 11 is 0. The van der Waals surface area contributed by atoms with Crippen LogP contribution in [0.15, 0.2) is 48.5 Å². The van der Waals surface area contributed by atoms with Gasteiger partial charge in [-0.1, -0.05) is 18.2 Å². The quantitative estimate of drug-likeness (QED) is 0.804. The lowest BCUT2D eigenvalue weighted by Crippen LogP contribution is -2.34. The first kappa shape index (κ1) is 17.1. The molecule has 0 unspecified atom stereocenters. The van der Waals surface area contributed by atoms with Crippen LogP contribution in [0.1, 0.15) is 38.1 Å². The standard InChI is InChI=1S/C20H22N2O3S/c1-20(2)13-12-18-19(25-20)11-8-15(21-18)14-22(16-6-4-3-5-7-16)26(23,24)17-9-10-17/h3-8,11-13,17H,9-10,14H2,1-2H3. The Balaban J connectivity index is 1.67. The normalized spacial score (nSPS) is 18.1. The van der Waals surface area contributed by atoms with Gasteiger partial charge in [0.25, 0.3) is 0 Å². The molecule has 4 rings (SSSR count). The van der Waals surface area contributed by atoms with E-state index in [1.54, 1.807) is 0 Å². The summed E-state index contributed by atoms with van der Waals surface area (Å²) in [6.45, 7) is 4.19. The lowest BCUT2D eigenvalue weighted by atomic mass is 10.1. The van der Waals surface area contributed by atoms with Crippen LogP contribution in [0, 0.1) is 0 Å². The minimum absolute atomic E-state index is 0.216. The van der Waals surface area contributed by atoms with Crippen molar-refractivity contribution in [3.05, 3.63) is 59.9 Å². The minimum Gasteiger partial charge on any atom is -0.482 e. The predicted octanol–water partition coefficient (Wildman–Crippen LogP) is 3.76. The molecule has 1 aromatic heterocycles. The molecule has 0 bridgehead atoms. The number of pyridine rings is 1. The largest absolute Gasteiger partial charge is 0.482 e. The molecule has 1 aliphatic carbocycles. The summed E-state index contributed by atoms with van der Waals surface area (Å²) in [6, 6.07) is 12.9. The highest BCUT2D eigenvalue weighted by Gasteiger charge is 2.40. The Morgan fingerprint density at radius 1 is 1.15 bits per heavy atom. The number of aromatic nitrogens is 1. The van der Waals surface area contributed by atoms with E-state index in [1.165, 1.54) is 4.31 Å². The Bertz CT molecular complexity index is 948. The van der Waals surface area contributed by atoms with Crippen LogP contribution in [0.3, 0.4) is 0 Å². The monoisotopic (exact) mass is 370 g/mol. The van der Waals surface area contributed by atoms with Gasteiger partial charge in [-0.2, -0.15) is 0 Å². The smallest absolute Gasteiger partial charge is 0.238 e. The lowest BCUT2D eigenvalue weighted by Gasteiger charge is -2.28. The molecule has 1 aromatic carbocycles. The van der Waals surface area contributed by atoms with E-state index in [9.17, 15) is 8.42 Å². The van der Waals surface area contributed by atoms with Crippen molar-refractivity contribution >= 4 is 21.8 Å². The van der Waals surface area contributed by atoms with E-state index in [4.69, 9.17) is 4.74 Å². The molecule has 2 aromatic rings. The Hall–Kier alpha value is -2.34. The number of ether oxygens (including phenoxy) is 1. The van der Waals surface area contributed by atoms with Gasteiger partial charge in [0, 0.05) is 0 Å². The van der Waals surface area contributed by atoms with Crippen LogP contribution < -0.4 is 9.04 Å². The molecule has 6 heteroatoms. The number of hydrogen-bond donors (Lipinski definition) is 0. The second kappa shape index (κ2) is 6.13. The zero-order valence-corrected chi connectivity index (χ0v) is 15.7. The summed E-state index contributed by atoms with van der Waals surface area (Å²) in [5, 5.41) is -0.274. The number of para-hydroxylation sites is 1. The van der Waals surface area contributed by atoms with Crippen LogP contribution in [0.2, 0.25) is 0 Å². The Morgan fingerprint density at radius 3 is 2.58 bits per heavy atom. The Morgan fingerprint density at radius 2 is 1.88 bits per heavy atom. The molecule has 1 aliphatic heterocycles. The fourth-order valence-electron chi connectivity index (χ4n) is 3.01. The molecule has 0 N–H and O–H groups in total. The van der Waals surface area contributed by atoms with Crippen molar-refractivity contribution in [3.63, 3.8) is 0 Å². The van der Waals surface area contributed by atoms with E-state index >= 15 is 0 Å². The first-order chi connectivity index (χ1) is 12.4. The molecule has 2 aliphatic rings.